The fraction of sp³-hybridized carbons (Fsp3) is 0.0189. The van der Waals surface area contributed by atoms with E-state index in [2.05, 4.69) is 41.0 Å². The molecule has 0 saturated heterocycles. The highest BCUT2D eigenvalue weighted by molar-refractivity contribution is 6.11. The molecule has 0 unspecified atom stereocenters. The van der Waals surface area contributed by atoms with Crippen molar-refractivity contribution in [2.45, 2.75) is 6.18 Å². The molecule has 0 N–H and O–H groups in total. The quantitative estimate of drug-likeness (QED) is 0.168. The normalized spacial score (nSPS) is 11.8. The van der Waals surface area contributed by atoms with Gasteiger partial charge in [0.15, 0.2) is 17.5 Å². The van der Waals surface area contributed by atoms with Crippen molar-refractivity contribution < 1.29 is 13.2 Å². The highest BCUT2D eigenvalue weighted by Crippen LogP contribution is 2.42. The van der Waals surface area contributed by atoms with Gasteiger partial charge in [-0.25, -0.2) is 15.0 Å². The van der Waals surface area contributed by atoms with Crippen LogP contribution < -0.4 is 0 Å². The van der Waals surface area contributed by atoms with Gasteiger partial charge in [0.05, 0.1) is 50.6 Å². The van der Waals surface area contributed by atoms with E-state index in [1.165, 1.54) is 12.1 Å². The lowest BCUT2D eigenvalue weighted by Gasteiger charge is -2.18. The van der Waals surface area contributed by atoms with E-state index < -0.39 is 11.7 Å². The molecule has 9 heteroatoms. The highest BCUT2D eigenvalue weighted by atomic mass is 19.4. The van der Waals surface area contributed by atoms with Crippen LogP contribution in [0.25, 0.3) is 100 Å². The SMILES string of the molecule is N#Cc1cccc(-c2ccc(-c3nc(-c4ccccc4)nc(-c4ccc(C(F)(F)F)cc4-n4c5ccccc5c5ccccc54)n3)c(-n3c4ccccc4c4ccccc43)c2)c1. The number of rotatable bonds is 6. The number of benzene rings is 8. The summed E-state index contributed by atoms with van der Waals surface area (Å²) in [5, 5.41) is 13.7. The van der Waals surface area contributed by atoms with Crippen LogP contribution in [0, 0.1) is 11.3 Å². The van der Waals surface area contributed by atoms with Gasteiger partial charge >= 0.3 is 6.18 Å². The molecule has 62 heavy (non-hydrogen) atoms. The number of para-hydroxylation sites is 4. The maximum Gasteiger partial charge on any atom is 0.416 e. The molecule has 0 saturated carbocycles. The van der Waals surface area contributed by atoms with Crippen molar-refractivity contribution in [3.8, 4) is 62.7 Å². The first-order chi connectivity index (χ1) is 30.3. The standard InChI is InChI=1S/C53H31F3N6/c54-53(55,56)37-26-28-43(49(31-37)62-46-23-10-6-19-40(46)41-20-7-11-24-47(41)62)52-59-50(34-14-2-1-3-15-34)58-51(60-52)42-27-25-36(35-16-12-13-33(29-35)32-57)30-48(42)61-44-21-8-4-17-38(44)39-18-5-9-22-45(39)61/h1-31H. The Hall–Kier alpha value is -8.35. The Morgan fingerprint density at radius 2 is 0.839 bits per heavy atom. The van der Waals surface area contributed by atoms with E-state index in [1.807, 2.05) is 138 Å². The number of hydrogen-bond acceptors (Lipinski definition) is 4. The van der Waals surface area contributed by atoms with Gasteiger partial charge in [0.2, 0.25) is 0 Å². The number of aromatic nitrogens is 5. The Labute approximate surface area is 353 Å². The van der Waals surface area contributed by atoms with E-state index in [0.717, 1.165) is 66.5 Å². The molecular weight excluding hydrogens is 778 g/mol. The smallest absolute Gasteiger partial charge is 0.308 e. The van der Waals surface area contributed by atoms with E-state index in [9.17, 15) is 18.4 Å². The van der Waals surface area contributed by atoms with E-state index in [0.29, 0.717) is 33.9 Å². The lowest BCUT2D eigenvalue weighted by atomic mass is 10.00. The van der Waals surface area contributed by atoms with Crippen molar-refractivity contribution in [1.82, 2.24) is 24.1 Å². The molecular formula is C53H31F3N6. The van der Waals surface area contributed by atoms with Gasteiger partial charge in [-0.1, -0.05) is 121 Å². The minimum atomic E-state index is -4.61. The summed E-state index contributed by atoms with van der Waals surface area (Å²) in [6.45, 7) is 0. The van der Waals surface area contributed by atoms with Crippen LogP contribution in [-0.4, -0.2) is 24.1 Å². The molecule has 3 heterocycles. The molecule has 0 amide bonds. The topological polar surface area (TPSA) is 72.3 Å². The number of hydrogen-bond donors (Lipinski definition) is 0. The number of nitriles is 1. The van der Waals surface area contributed by atoms with Crippen LogP contribution in [-0.2, 0) is 6.18 Å². The lowest BCUT2D eigenvalue weighted by Crippen LogP contribution is -2.09. The van der Waals surface area contributed by atoms with Crippen LogP contribution in [0.15, 0.2) is 188 Å². The van der Waals surface area contributed by atoms with Crippen molar-refractivity contribution in [2.24, 2.45) is 0 Å². The van der Waals surface area contributed by atoms with Gasteiger partial charge in [-0.05, 0) is 77.9 Å². The minimum Gasteiger partial charge on any atom is -0.308 e. The summed E-state index contributed by atoms with van der Waals surface area (Å²) in [5.74, 6) is 0.896. The average molecular weight is 809 g/mol. The van der Waals surface area contributed by atoms with Gasteiger partial charge in [0, 0.05) is 38.2 Å². The summed E-state index contributed by atoms with van der Waals surface area (Å²) in [6, 6.07) is 60.9. The Morgan fingerprint density at radius 3 is 1.35 bits per heavy atom. The molecule has 8 aromatic carbocycles. The van der Waals surface area contributed by atoms with Gasteiger partial charge in [0.1, 0.15) is 0 Å². The van der Waals surface area contributed by atoms with Crippen molar-refractivity contribution in [1.29, 1.82) is 5.26 Å². The molecule has 0 spiro atoms. The molecule has 0 aliphatic rings. The monoisotopic (exact) mass is 808 g/mol. The Bertz CT molecular complexity index is 3490. The zero-order chi connectivity index (χ0) is 42.0. The molecule has 11 rings (SSSR count). The first-order valence-electron chi connectivity index (χ1n) is 20.0. The van der Waals surface area contributed by atoms with E-state index >= 15 is 0 Å². The van der Waals surface area contributed by atoms with Gasteiger partial charge in [-0.15, -0.1) is 0 Å². The van der Waals surface area contributed by atoms with Crippen molar-refractivity contribution in [3.05, 3.63) is 199 Å². The Balaban J connectivity index is 1.23. The van der Waals surface area contributed by atoms with Crippen LogP contribution in [0.3, 0.4) is 0 Å². The first kappa shape index (κ1) is 36.7. The van der Waals surface area contributed by atoms with Crippen molar-refractivity contribution >= 4 is 43.6 Å². The third-order valence-corrected chi connectivity index (χ3v) is 11.4. The van der Waals surface area contributed by atoms with Crippen molar-refractivity contribution in [3.63, 3.8) is 0 Å². The second kappa shape index (κ2) is 14.4. The third-order valence-electron chi connectivity index (χ3n) is 11.4. The summed E-state index contributed by atoms with van der Waals surface area (Å²) < 4.78 is 48.1. The van der Waals surface area contributed by atoms with E-state index in [1.54, 1.807) is 6.07 Å². The second-order valence-electron chi connectivity index (χ2n) is 15.1. The van der Waals surface area contributed by atoms with Crippen LogP contribution in [0.5, 0.6) is 0 Å². The molecule has 294 valence electrons. The molecule has 0 bridgehead atoms. The predicted molar refractivity (Wildman–Crippen MR) is 240 cm³/mol. The summed E-state index contributed by atoms with van der Waals surface area (Å²) in [4.78, 5) is 15.4. The fourth-order valence-electron chi connectivity index (χ4n) is 8.63. The number of halogens is 3. The number of alkyl halides is 3. The molecule has 0 radical (unpaired) electrons. The Kier molecular flexibility index (Phi) is 8.55. The molecule has 6 nitrogen and oxygen atoms in total. The number of fused-ring (bicyclic) bond motifs is 6. The van der Waals surface area contributed by atoms with Crippen LogP contribution in [0.2, 0.25) is 0 Å². The second-order valence-corrected chi connectivity index (χ2v) is 15.1. The lowest BCUT2D eigenvalue weighted by molar-refractivity contribution is -0.137. The molecule has 0 aliphatic heterocycles. The third kappa shape index (κ3) is 6.08. The fourth-order valence-corrected chi connectivity index (χ4v) is 8.63. The molecule has 11 aromatic rings. The molecule has 0 aliphatic carbocycles. The predicted octanol–water partition coefficient (Wildman–Crippen LogP) is 13.6. The largest absolute Gasteiger partial charge is 0.416 e. The summed E-state index contributed by atoms with van der Waals surface area (Å²) in [5.41, 5.74) is 7.73. The Morgan fingerprint density at radius 1 is 0.403 bits per heavy atom. The maximum atomic E-state index is 14.7. The van der Waals surface area contributed by atoms with Gasteiger partial charge in [0.25, 0.3) is 0 Å². The maximum absolute atomic E-state index is 14.7. The molecule has 0 atom stereocenters. The van der Waals surface area contributed by atoms with E-state index in [4.69, 9.17) is 15.0 Å². The molecule has 0 fully saturated rings. The molecule has 3 aromatic heterocycles. The van der Waals surface area contributed by atoms with Gasteiger partial charge in [-0.3, -0.25) is 0 Å². The van der Waals surface area contributed by atoms with E-state index in [-0.39, 0.29) is 11.5 Å². The summed E-state index contributed by atoms with van der Waals surface area (Å²) >= 11 is 0. The van der Waals surface area contributed by atoms with Crippen LogP contribution >= 0.6 is 0 Å². The van der Waals surface area contributed by atoms with Crippen molar-refractivity contribution in [2.75, 3.05) is 0 Å². The number of nitrogens with zero attached hydrogens (tertiary/aromatic N) is 6. The summed E-state index contributed by atoms with van der Waals surface area (Å²) in [6.07, 6.45) is -4.61. The minimum absolute atomic E-state index is 0.207. The van der Waals surface area contributed by atoms with Crippen LogP contribution in [0.1, 0.15) is 11.1 Å². The van der Waals surface area contributed by atoms with Crippen LogP contribution in [0.4, 0.5) is 13.2 Å². The zero-order valence-corrected chi connectivity index (χ0v) is 32.7. The zero-order valence-electron chi connectivity index (χ0n) is 32.7. The summed E-state index contributed by atoms with van der Waals surface area (Å²) in [7, 11) is 0. The first-order valence-corrected chi connectivity index (χ1v) is 20.0. The average Bonchev–Trinajstić information content (AvgIpc) is 3.84. The van der Waals surface area contributed by atoms with Gasteiger partial charge in [-0.2, -0.15) is 18.4 Å². The highest BCUT2D eigenvalue weighted by Gasteiger charge is 2.32. The van der Waals surface area contributed by atoms with Gasteiger partial charge < -0.3 is 9.13 Å².